The average Bonchev–Trinajstić information content (AvgIpc) is 2.84. The minimum atomic E-state index is -0.628. The third-order valence-corrected chi connectivity index (χ3v) is 6.66. The number of amides is 1. The first-order valence-electron chi connectivity index (χ1n) is 8.17. The maximum Gasteiger partial charge on any atom is 0.240 e. The van der Waals surface area contributed by atoms with Crippen LogP contribution in [0.25, 0.3) is 0 Å². The number of fused-ring (bicyclic) bond motifs is 5. The number of hydrogen-bond donors (Lipinski definition) is 2. The lowest BCUT2D eigenvalue weighted by Gasteiger charge is -2.34. The molecule has 3 nitrogen and oxygen atoms in total. The molecule has 4 aliphatic carbocycles. The number of carbonyl (C=O) groups excluding carboxylic acids is 1. The predicted octanol–water partition coefficient (Wildman–Crippen LogP) is 2.05. The summed E-state index contributed by atoms with van der Waals surface area (Å²) in [5.74, 6) is 4.09. The molecule has 1 amide bonds. The van der Waals surface area contributed by atoms with Gasteiger partial charge in [-0.3, -0.25) is 4.79 Å². The van der Waals surface area contributed by atoms with Crippen molar-refractivity contribution in [3.05, 3.63) is 0 Å². The average molecular weight is 262 g/mol. The van der Waals surface area contributed by atoms with E-state index in [9.17, 15) is 4.79 Å². The minimum Gasteiger partial charge on any atom is -0.351 e. The van der Waals surface area contributed by atoms with E-state index in [0.717, 1.165) is 36.5 Å². The van der Waals surface area contributed by atoms with Gasteiger partial charge in [-0.1, -0.05) is 6.42 Å². The van der Waals surface area contributed by atoms with E-state index in [1.54, 1.807) is 0 Å². The van der Waals surface area contributed by atoms with Gasteiger partial charge in [0.1, 0.15) is 0 Å². The molecule has 3 heteroatoms. The van der Waals surface area contributed by atoms with Crippen LogP contribution in [-0.2, 0) is 4.79 Å². The molecular formula is C16H26N2O. The van der Waals surface area contributed by atoms with E-state index in [0.29, 0.717) is 12.0 Å². The summed E-state index contributed by atoms with van der Waals surface area (Å²) in [5.41, 5.74) is 5.61. The lowest BCUT2D eigenvalue weighted by molar-refractivity contribution is -0.127. The topological polar surface area (TPSA) is 55.1 Å². The first-order chi connectivity index (χ1) is 9.07. The van der Waals surface area contributed by atoms with Gasteiger partial charge in [-0.25, -0.2) is 0 Å². The Balaban J connectivity index is 1.43. The van der Waals surface area contributed by atoms with Crippen molar-refractivity contribution in [3.8, 4) is 0 Å². The van der Waals surface area contributed by atoms with Crippen LogP contribution in [0, 0.1) is 29.6 Å². The van der Waals surface area contributed by atoms with E-state index in [2.05, 4.69) is 5.32 Å². The Morgan fingerprint density at radius 1 is 1.11 bits per heavy atom. The van der Waals surface area contributed by atoms with Gasteiger partial charge in [-0.05, 0) is 75.0 Å². The van der Waals surface area contributed by atoms with Crippen LogP contribution >= 0.6 is 0 Å². The summed E-state index contributed by atoms with van der Waals surface area (Å²) >= 11 is 0. The lowest BCUT2D eigenvalue weighted by atomic mass is 9.79. The maximum absolute atomic E-state index is 12.4. The smallest absolute Gasteiger partial charge is 0.240 e. The van der Waals surface area contributed by atoms with Gasteiger partial charge in [0, 0.05) is 6.04 Å². The van der Waals surface area contributed by atoms with E-state index in [1.807, 2.05) is 6.92 Å². The number of nitrogens with two attached hydrogens (primary N) is 1. The van der Waals surface area contributed by atoms with Crippen molar-refractivity contribution in [1.82, 2.24) is 5.32 Å². The van der Waals surface area contributed by atoms with Crippen LogP contribution in [0.4, 0.5) is 0 Å². The van der Waals surface area contributed by atoms with Gasteiger partial charge in [0.15, 0.2) is 0 Å². The number of rotatable bonds is 3. The quantitative estimate of drug-likeness (QED) is 0.818. The second-order valence-corrected chi connectivity index (χ2v) is 7.79. The summed E-state index contributed by atoms with van der Waals surface area (Å²) in [6.45, 7) is 1.92. The fourth-order valence-electron chi connectivity index (χ4n) is 5.43. The minimum absolute atomic E-state index is 0.113. The molecule has 0 aliphatic heterocycles. The van der Waals surface area contributed by atoms with Gasteiger partial charge in [0.05, 0.1) is 5.54 Å². The van der Waals surface area contributed by atoms with Crippen molar-refractivity contribution in [2.24, 2.45) is 35.3 Å². The van der Waals surface area contributed by atoms with Gasteiger partial charge < -0.3 is 11.1 Å². The Labute approximate surface area is 115 Å². The summed E-state index contributed by atoms with van der Waals surface area (Å²) in [7, 11) is 0. The SMILES string of the molecule is CC(N)(C(=O)NC1CC2CC1C1CCCC21)C1CC1. The highest BCUT2D eigenvalue weighted by Gasteiger charge is 2.55. The number of hydrogen-bond acceptors (Lipinski definition) is 2. The largest absolute Gasteiger partial charge is 0.351 e. The molecule has 0 spiro atoms. The first kappa shape index (κ1) is 12.2. The van der Waals surface area contributed by atoms with Crippen LogP contribution in [0.5, 0.6) is 0 Å². The lowest BCUT2D eigenvalue weighted by Crippen LogP contribution is -2.57. The highest BCUT2D eigenvalue weighted by Crippen LogP contribution is 2.58. The van der Waals surface area contributed by atoms with E-state index >= 15 is 0 Å². The summed E-state index contributed by atoms with van der Waals surface area (Å²) in [5, 5.41) is 3.32. The van der Waals surface area contributed by atoms with Gasteiger partial charge in [0.25, 0.3) is 0 Å². The van der Waals surface area contributed by atoms with Crippen molar-refractivity contribution >= 4 is 5.91 Å². The molecule has 4 fully saturated rings. The second kappa shape index (κ2) is 3.97. The van der Waals surface area contributed by atoms with E-state index in [4.69, 9.17) is 5.73 Å². The van der Waals surface area contributed by atoms with Gasteiger partial charge in [0.2, 0.25) is 5.91 Å². The molecule has 0 aromatic carbocycles. The summed E-state index contributed by atoms with van der Waals surface area (Å²) in [6.07, 6.45) is 9.11. The highest BCUT2D eigenvalue weighted by molar-refractivity contribution is 5.86. The molecule has 6 unspecified atom stereocenters. The highest BCUT2D eigenvalue weighted by atomic mass is 16.2. The zero-order valence-corrected chi connectivity index (χ0v) is 11.9. The molecule has 4 rings (SSSR count). The van der Waals surface area contributed by atoms with Crippen LogP contribution in [0.2, 0.25) is 0 Å². The van der Waals surface area contributed by atoms with Crippen LogP contribution in [0.3, 0.4) is 0 Å². The van der Waals surface area contributed by atoms with Gasteiger partial charge in [-0.2, -0.15) is 0 Å². The molecule has 6 atom stereocenters. The number of carbonyl (C=O) groups is 1. The Hall–Kier alpha value is -0.570. The third-order valence-electron chi connectivity index (χ3n) is 6.66. The van der Waals surface area contributed by atoms with Crippen molar-refractivity contribution in [1.29, 1.82) is 0 Å². The van der Waals surface area contributed by atoms with Crippen LogP contribution in [0.15, 0.2) is 0 Å². The van der Waals surface area contributed by atoms with Gasteiger partial charge >= 0.3 is 0 Å². The standard InChI is InChI=1S/C16H26N2O/c1-16(17,10-5-6-10)15(19)18-14-8-9-7-13(14)12-4-2-3-11(9)12/h9-14H,2-8,17H2,1H3,(H,18,19). The van der Waals surface area contributed by atoms with Crippen molar-refractivity contribution in [3.63, 3.8) is 0 Å². The molecule has 0 saturated heterocycles. The fraction of sp³-hybridized carbons (Fsp3) is 0.938. The van der Waals surface area contributed by atoms with E-state index < -0.39 is 5.54 Å². The van der Waals surface area contributed by atoms with Crippen molar-refractivity contribution < 1.29 is 4.79 Å². The zero-order valence-electron chi connectivity index (χ0n) is 11.9. The molecule has 4 saturated carbocycles. The van der Waals surface area contributed by atoms with Crippen molar-refractivity contribution in [2.45, 2.75) is 63.5 Å². The van der Waals surface area contributed by atoms with Crippen molar-refractivity contribution in [2.75, 3.05) is 0 Å². The second-order valence-electron chi connectivity index (χ2n) is 7.79. The van der Waals surface area contributed by atoms with Crippen LogP contribution in [-0.4, -0.2) is 17.5 Å². The van der Waals surface area contributed by atoms with E-state index in [-0.39, 0.29) is 5.91 Å². The zero-order chi connectivity index (χ0) is 13.2. The number of nitrogens with one attached hydrogen (secondary N) is 1. The Bertz CT molecular complexity index is 402. The molecule has 106 valence electrons. The molecule has 0 heterocycles. The molecular weight excluding hydrogens is 236 g/mol. The molecule has 0 radical (unpaired) electrons. The normalized spacial score (nSPS) is 46.9. The van der Waals surface area contributed by atoms with Crippen LogP contribution in [0.1, 0.15) is 51.9 Å². The Morgan fingerprint density at radius 2 is 1.84 bits per heavy atom. The molecule has 19 heavy (non-hydrogen) atoms. The molecule has 0 aromatic rings. The summed E-state index contributed by atoms with van der Waals surface area (Å²) < 4.78 is 0. The fourth-order valence-corrected chi connectivity index (χ4v) is 5.43. The third kappa shape index (κ3) is 1.77. The molecule has 4 aliphatic rings. The summed E-state index contributed by atoms with van der Waals surface area (Å²) in [4.78, 5) is 12.4. The van der Waals surface area contributed by atoms with E-state index in [1.165, 1.54) is 32.1 Å². The predicted molar refractivity (Wildman–Crippen MR) is 74.3 cm³/mol. The molecule has 2 bridgehead atoms. The van der Waals surface area contributed by atoms with Gasteiger partial charge in [-0.15, -0.1) is 0 Å². The first-order valence-corrected chi connectivity index (χ1v) is 8.17. The molecule has 0 aromatic heterocycles. The van der Waals surface area contributed by atoms with Crippen LogP contribution < -0.4 is 11.1 Å². The molecule has 3 N–H and O–H groups in total. The summed E-state index contributed by atoms with van der Waals surface area (Å²) in [6, 6.07) is 0.429. The Morgan fingerprint density at radius 3 is 2.58 bits per heavy atom. The maximum atomic E-state index is 12.4. The monoisotopic (exact) mass is 262 g/mol. The Kier molecular flexibility index (Phi) is 2.55.